The largest absolute Gasteiger partial charge is 0.468 e. The van der Waals surface area contributed by atoms with Gasteiger partial charge in [0.15, 0.2) is 0 Å². The molecule has 1 aromatic carbocycles. The van der Waals surface area contributed by atoms with Gasteiger partial charge in [0.25, 0.3) is 5.69 Å². The predicted octanol–water partition coefficient (Wildman–Crippen LogP) is 1.80. The summed E-state index contributed by atoms with van der Waals surface area (Å²) in [6, 6.07) is 3.58. The summed E-state index contributed by atoms with van der Waals surface area (Å²) in [5.74, 6) is -0.942. The second kappa shape index (κ2) is 7.51. The second-order valence-corrected chi connectivity index (χ2v) is 7.06. The van der Waals surface area contributed by atoms with Gasteiger partial charge in [0.05, 0.1) is 16.9 Å². The number of carbonyl (C=O) groups excluding carboxylic acids is 1. The second-order valence-electron chi connectivity index (χ2n) is 5.17. The molecule has 0 aliphatic heterocycles. The highest BCUT2D eigenvalue weighted by Crippen LogP contribution is 2.24. The zero-order valence-corrected chi connectivity index (χ0v) is 14.2. The van der Waals surface area contributed by atoms with Gasteiger partial charge in [-0.2, -0.15) is 4.31 Å². The third kappa shape index (κ3) is 4.05. The normalized spacial score (nSPS) is 13.1. The number of methoxy groups -OCH3 is 1. The van der Waals surface area contributed by atoms with Gasteiger partial charge in [0.2, 0.25) is 10.0 Å². The summed E-state index contributed by atoms with van der Waals surface area (Å²) in [5, 5.41) is 10.7. The Morgan fingerprint density at radius 1 is 1.30 bits per heavy atom. The van der Waals surface area contributed by atoms with Crippen molar-refractivity contribution in [3.05, 3.63) is 34.4 Å². The van der Waals surface area contributed by atoms with Crippen molar-refractivity contribution in [1.82, 2.24) is 4.31 Å². The van der Waals surface area contributed by atoms with Crippen LogP contribution in [0.3, 0.4) is 0 Å². The molecule has 1 rings (SSSR count). The fraction of sp³-hybridized carbons (Fsp3) is 0.500. The first-order chi connectivity index (χ1) is 10.7. The summed E-state index contributed by atoms with van der Waals surface area (Å²) >= 11 is 0. The summed E-state index contributed by atoms with van der Waals surface area (Å²) in [7, 11) is -2.78. The number of esters is 1. The zero-order valence-electron chi connectivity index (χ0n) is 13.4. The average Bonchev–Trinajstić information content (AvgIpc) is 2.51. The van der Waals surface area contributed by atoms with Crippen molar-refractivity contribution in [3.8, 4) is 0 Å². The van der Waals surface area contributed by atoms with E-state index in [1.807, 2.05) is 0 Å². The van der Waals surface area contributed by atoms with Crippen molar-refractivity contribution in [2.24, 2.45) is 5.92 Å². The number of non-ortho nitro benzene ring substituents is 1. The van der Waals surface area contributed by atoms with E-state index in [1.54, 1.807) is 20.8 Å². The van der Waals surface area contributed by atoms with Crippen LogP contribution in [0.2, 0.25) is 0 Å². The maximum absolute atomic E-state index is 12.8. The maximum atomic E-state index is 12.8. The molecule has 128 valence electrons. The Morgan fingerprint density at radius 2 is 1.83 bits per heavy atom. The van der Waals surface area contributed by atoms with E-state index < -0.39 is 27.0 Å². The fourth-order valence-corrected chi connectivity index (χ4v) is 3.95. The third-order valence-corrected chi connectivity index (χ3v) is 5.32. The smallest absolute Gasteiger partial charge is 0.324 e. The molecule has 0 N–H and O–H groups in total. The molecule has 0 heterocycles. The number of sulfonamides is 1. The summed E-state index contributed by atoms with van der Waals surface area (Å²) in [6.07, 6.45) is 0. The highest BCUT2D eigenvalue weighted by Gasteiger charge is 2.37. The Labute approximate surface area is 135 Å². The standard InChI is InChI=1S/C14H20N2O6S/c1-5-15(13(10(2)3)14(17)22-4)23(20,21)12-8-6-11(7-9-12)16(18)19/h6-10,13H,5H2,1-4H3/t13-/m0/s1. The monoisotopic (exact) mass is 344 g/mol. The quantitative estimate of drug-likeness (QED) is 0.424. The number of hydrogen-bond donors (Lipinski definition) is 0. The van der Waals surface area contributed by atoms with Gasteiger partial charge in [-0.15, -0.1) is 0 Å². The van der Waals surface area contributed by atoms with E-state index in [0.717, 1.165) is 28.6 Å². The van der Waals surface area contributed by atoms with Gasteiger partial charge < -0.3 is 4.74 Å². The molecule has 0 bridgehead atoms. The van der Waals surface area contributed by atoms with Crippen molar-refractivity contribution in [2.45, 2.75) is 31.7 Å². The first kappa shape index (κ1) is 19.0. The number of nitro benzene ring substituents is 1. The number of hydrogen-bond acceptors (Lipinski definition) is 6. The van der Waals surface area contributed by atoms with E-state index in [-0.39, 0.29) is 23.0 Å². The predicted molar refractivity (Wildman–Crippen MR) is 83.3 cm³/mol. The van der Waals surface area contributed by atoms with Crippen LogP contribution in [0.25, 0.3) is 0 Å². The number of nitro groups is 1. The molecular weight excluding hydrogens is 324 g/mol. The molecule has 0 radical (unpaired) electrons. The Balaban J connectivity index is 3.30. The average molecular weight is 344 g/mol. The van der Waals surface area contributed by atoms with Crippen LogP contribution in [0.15, 0.2) is 29.2 Å². The van der Waals surface area contributed by atoms with Crippen LogP contribution in [-0.4, -0.2) is 43.3 Å². The highest BCUT2D eigenvalue weighted by molar-refractivity contribution is 7.89. The summed E-state index contributed by atoms with van der Waals surface area (Å²) in [4.78, 5) is 21.9. The van der Waals surface area contributed by atoms with Crippen molar-refractivity contribution in [3.63, 3.8) is 0 Å². The van der Waals surface area contributed by atoms with E-state index in [9.17, 15) is 23.3 Å². The van der Waals surface area contributed by atoms with Crippen molar-refractivity contribution in [2.75, 3.05) is 13.7 Å². The lowest BCUT2D eigenvalue weighted by molar-refractivity contribution is -0.384. The van der Waals surface area contributed by atoms with Crippen molar-refractivity contribution >= 4 is 21.7 Å². The molecule has 9 heteroatoms. The maximum Gasteiger partial charge on any atom is 0.324 e. The number of nitrogens with zero attached hydrogens (tertiary/aromatic N) is 2. The molecule has 23 heavy (non-hydrogen) atoms. The van der Waals surface area contributed by atoms with Crippen LogP contribution in [0, 0.1) is 16.0 Å². The molecule has 0 aromatic heterocycles. The lowest BCUT2D eigenvalue weighted by atomic mass is 10.1. The molecule has 0 saturated carbocycles. The molecule has 0 aliphatic carbocycles. The highest BCUT2D eigenvalue weighted by atomic mass is 32.2. The van der Waals surface area contributed by atoms with E-state index in [4.69, 9.17) is 4.74 Å². The van der Waals surface area contributed by atoms with Crippen LogP contribution >= 0.6 is 0 Å². The van der Waals surface area contributed by atoms with Crippen LogP contribution in [0.4, 0.5) is 5.69 Å². The Kier molecular flexibility index (Phi) is 6.22. The van der Waals surface area contributed by atoms with Gasteiger partial charge in [-0.1, -0.05) is 20.8 Å². The summed E-state index contributed by atoms with van der Waals surface area (Å²) in [6.45, 7) is 5.11. The lowest BCUT2D eigenvalue weighted by Gasteiger charge is -2.30. The first-order valence-electron chi connectivity index (χ1n) is 7.00. The van der Waals surface area contributed by atoms with Gasteiger partial charge in [-0.05, 0) is 18.1 Å². The van der Waals surface area contributed by atoms with Gasteiger partial charge in [0.1, 0.15) is 6.04 Å². The molecule has 0 aliphatic rings. The van der Waals surface area contributed by atoms with Crippen LogP contribution in [-0.2, 0) is 19.6 Å². The molecule has 0 spiro atoms. The van der Waals surface area contributed by atoms with Gasteiger partial charge in [0, 0.05) is 18.7 Å². The van der Waals surface area contributed by atoms with Gasteiger partial charge in [-0.3, -0.25) is 14.9 Å². The van der Waals surface area contributed by atoms with Crippen LogP contribution in [0.5, 0.6) is 0 Å². The third-order valence-electron chi connectivity index (χ3n) is 3.35. The van der Waals surface area contributed by atoms with E-state index >= 15 is 0 Å². The Morgan fingerprint density at radius 3 is 2.17 bits per heavy atom. The molecule has 8 nitrogen and oxygen atoms in total. The first-order valence-corrected chi connectivity index (χ1v) is 8.44. The minimum Gasteiger partial charge on any atom is -0.468 e. The SMILES string of the molecule is CCN([C@H](C(=O)OC)C(C)C)S(=O)(=O)c1ccc([N+](=O)[O-])cc1. The zero-order chi connectivity index (χ0) is 17.8. The summed E-state index contributed by atoms with van der Waals surface area (Å²) < 4.78 is 31.3. The topological polar surface area (TPSA) is 107 Å². The molecule has 0 saturated heterocycles. The Bertz CT molecular complexity index is 669. The number of rotatable bonds is 7. The minimum absolute atomic E-state index is 0.0667. The van der Waals surface area contributed by atoms with E-state index in [0.29, 0.717) is 0 Å². The molecule has 0 fully saturated rings. The van der Waals surface area contributed by atoms with Gasteiger partial charge >= 0.3 is 5.97 Å². The lowest BCUT2D eigenvalue weighted by Crippen LogP contribution is -2.48. The van der Waals surface area contributed by atoms with Crippen LogP contribution < -0.4 is 0 Å². The number of carbonyl (C=O) groups is 1. The number of likely N-dealkylation sites (N-methyl/N-ethyl adjacent to an activating group) is 1. The van der Waals surface area contributed by atoms with Gasteiger partial charge in [-0.25, -0.2) is 8.42 Å². The molecule has 1 atom stereocenters. The fourth-order valence-electron chi connectivity index (χ4n) is 2.23. The van der Waals surface area contributed by atoms with E-state index in [2.05, 4.69) is 0 Å². The van der Waals surface area contributed by atoms with Crippen molar-refractivity contribution in [1.29, 1.82) is 0 Å². The Hall–Kier alpha value is -2.00. The molecular formula is C14H20N2O6S. The minimum atomic E-state index is -3.98. The molecule has 0 amide bonds. The van der Waals surface area contributed by atoms with Crippen molar-refractivity contribution < 1.29 is 22.9 Å². The molecule has 0 unspecified atom stereocenters. The molecule has 1 aromatic rings. The number of ether oxygens (including phenoxy) is 1. The number of benzene rings is 1. The summed E-state index contributed by atoms with van der Waals surface area (Å²) in [5.41, 5.74) is -0.208. The van der Waals surface area contributed by atoms with Crippen LogP contribution in [0.1, 0.15) is 20.8 Å². The van der Waals surface area contributed by atoms with E-state index in [1.165, 1.54) is 7.11 Å².